The van der Waals surface area contributed by atoms with E-state index in [1.807, 2.05) is 4.90 Å². The lowest BCUT2D eigenvalue weighted by Crippen LogP contribution is -2.41. The molecule has 2 rings (SSSR count). The molecule has 7 heteroatoms. The van der Waals surface area contributed by atoms with Gasteiger partial charge in [0.25, 0.3) is 0 Å². The summed E-state index contributed by atoms with van der Waals surface area (Å²) in [6.45, 7) is 14.0. The summed E-state index contributed by atoms with van der Waals surface area (Å²) in [6, 6.07) is 0. The van der Waals surface area contributed by atoms with Crippen LogP contribution in [0.3, 0.4) is 0 Å². The van der Waals surface area contributed by atoms with Crippen molar-refractivity contribution in [3.63, 3.8) is 0 Å². The largest absolute Gasteiger partial charge is 0.379 e. The molecule has 2 fully saturated rings. The Morgan fingerprint density at radius 3 is 2.19 bits per heavy atom. The molecule has 0 aromatic carbocycles. The molecule has 2 amide bonds. The summed E-state index contributed by atoms with van der Waals surface area (Å²) in [5.74, 6) is 2.03. The van der Waals surface area contributed by atoms with E-state index in [9.17, 15) is 9.59 Å². The van der Waals surface area contributed by atoms with E-state index in [2.05, 4.69) is 31.0 Å². The van der Waals surface area contributed by atoms with Gasteiger partial charge < -0.3 is 24.6 Å². The zero-order chi connectivity index (χ0) is 22.5. The van der Waals surface area contributed by atoms with Crippen molar-refractivity contribution in [3.8, 4) is 0 Å². The predicted octanol–water partition coefficient (Wildman–Crippen LogP) is 2.54. The number of piperidine rings is 2. The molecule has 0 bridgehead atoms. The van der Waals surface area contributed by atoms with E-state index in [0.29, 0.717) is 39.4 Å². The average Bonchev–Trinajstić information content (AvgIpc) is 2.82. The standard InChI is InChI=1S/C24H45N3O4/c1-4-20(3)21-8-14-27(15-9-21)23(28)10-16-30-18-19-31-17-11-25-24(29)22-6-12-26(5-2)13-7-22/h20-22H,4-19H2,1-3H3,(H,25,29). The lowest BCUT2D eigenvalue weighted by molar-refractivity contribution is -0.134. The maximum absolute atomic E-state index is 12.3. The summed E-state index contributed by atoms with van der Waals surface area (Å²) in [7, 11) is 0. The van der Waals surface area contributed by atoms with Gasteiger partial charge in [0.1, 0.15) is 0 Å². The second kappa shape index (κ2) is 14.8. The average molecular weight is 440 g/mol. The Balaban J connectivity index is 1.40. The van der Waals surface area contributed by atoms with Gasteiger partial charge in [-0.15, -0.1) is 0 Å². The summed E-state index contributed by atoms with van der Waals surface area (Å²) in [5.41, 5.74) is 0. The zero-order valence-corrected chi connectivity index (χ0v) is 20.1. The fraction of sp³-hybridized carbons (Fsp3) is 0.917. The van der Waals surface area contributed by atoms with Gasteiger partial charge >= 0.3 is 0 Å². The van der Waals surface area contributed by atoms with Crippen molar-refractivity contribution in [1.29, 1.82) is 0 Å². The molecular weight excluding hydrogens is 394 g/mol. The van der Waals surface area contributed by atoms with Crippen molar-refractivity contribution in [2.24, 2.45) is 17.8 Å². The van der Waals surface area contributed by atoms with E-state index < -0.39 is 0 Å². The predicted molar refractivity (Wildman–Crippen MR) is 123 cm³/mol. The van der Waals surface area contributed by atoms with Crippen LogP contribution in [0.2, 0.25) is 0 Å². The first-order chi connectivity index (χ1) is 15.0. The topological polar surface area (TPSA) is 71.1 Å². The number of hydrogen-bond acceptors (Lipinski definition) is 5. The highest BCUT2D eigenvalue weighted by Gasteiger charge is 2.25. The minimum Gasteiger partial charge on any atom is -0.379 e. The highest BCUT2D eigenvalue weighted by molar-refractivity contribution is 5.78. The van der Waals surface area contributed by atoms with E-state index in [1.165, 1.54) is 6.42 Å². The smallest absolute Gasteiger partial charge is 0.224 e. The number of carbonyl (C=O) groups is 2. The first-order valence-corrected chi connectivity index (χ1v) is 12.5. The normalized spacial score (nSPS) is 20.0. The lowest BCUT2D eigenvalue weighted by atomic mass is 9.84. The van der Waals surface area contributed by atoms with E-state index >= 15 is 0 Å². The van der Waals surface area contributed by atoms with Crippen LogP contribution in [0.1, 0.15) is 59.3 Å². The van der Waals surface area contributed by atoms with Crippen molar-refractivity contribution in [3.05, 3.63) is 0 Å². The molecule has 0 aliphatic carbocycles. The molecule has 0 aromatic heterocycles. The lowest BCUT2D eigenvalue weighted by Gasteiger charge is -2.34. The summed E-state index contributed by atoms with van der Waals surface area (Å²) in [6.07, 6.45) is 5.82. The molecule has 0 radical (unpaired) electrons. The molecule has 31 heavy (non-hydrogen) atoms. The van der Waals surface area contributed by atoms with Crippen molar-refractivity contribution < 1.29 is 19.1 Å². The van der Waals surface area contributed by atoms with Gasteiger partial charge in [0, 0.05) is 25.6 Å². The van der Waals surface area contributed by atoms with Gasteiger partial charge in [-0.05, 0) is 57.2 Å². The van der Waals surface area contributed by atoms with Gasteiger partial charge in [-0.2, -0.15) is 0 Å². The zero-order valence-electron chi connectivity index (χ0n) is 20.1. The number of nitrogens with one attached hydrogen (secondary N) is 1. The second-order valence-electron chi connectivity index (χ2n) is 9.08. The van der Waals surface area contributed by atoms with E-state index in [1.54, 1.807) is 0 Å². The number of hydrogen-bond donors (Lipinski definition) is 1. The Labute approximate surface area is 189 Å². The Hall–Kier alpha value is -1.18. The minimum atomic E-state index is 0.143. The number of nitrogens with zero attached hydrogens (tertiary/aromatic N) is 2. The molecular formula is C24H45N3O4. The molecule has 0 spiro atoms. The molecule has 1 N–H and O–H groups in total. The molecule has 1 atom stereocenters. The third kappa shape index (κ3) is 9.46. The highest BCUT2D eigenvalue weighted by Crippen LogP contribution is 2.27. The van der Waals surface area contributed by atoms with Gasteiger partial charge in [-0.25, -0.2) is 0 Å². The molecule has 7 nitrogen and oxygen atoms in total. The molecule has 2 aliphatic heterocycles. The van der Waals surface area contributed by atoms with Crippen molar-refractivity contribution in [2.45, 2.75) is 59.3 Å². The number of ether oxygens (including phenoxy) is 2. The van der Waals surface area contributed by atoms with E-state index in [-0.39, 0.29) is 17.7 Å². The van der Waals surface area contributed by atoms with E-state index in [0.717, 1.165) is 70.2 Å². The van der Waals surface area contributed by atoms with Gasteiger partial charge in [0.05, 0.1) is 32.8 Å². The minimum absolute atomic E-state index is 0.143. The van der Waals surface area contributed by atoms with Crippen molar-refractivity contribution in [2.75, 3.05) is 65.7 Å². The van der Waals surface area contributed by atoms with Crippen LogP contribution < -0.4 is 5.32 Å². The van der Waals surface area contributed by atoms with Gasteiger partial charge in [0.15, 0.2) is 0 Å². The van der Waals surface area contributed by atoms with Crippen LogP contribution >= 0.6 is 0 Å². The summed E-state index contributed by atoms with van der Waals surface area (Å²) < 4.78 is 11.1. The number of amides is 2. The SMILES string of the molecule is CCC(C)C1CCN(C(=O)CCOCCOCCNC(=O)C2CCN(CC)CC2)CC1. The number of carbonyl (C=O) groups excluding carboxylic acids is 2. The summed E-state index contributed by atoms with van der Waals surface area (Å²) in [5, 5.41) is 2.98. The Kier molecular flexibility index (Phi) is 12.4. The fourth-order valence-electron chi connectivity index (χ4n) is 4.59. The molecule has 2 saturated heterocycles. The quantitative estimate of drug-likeness (QED) is 0.447. The number of likely N-dealkylation sites (tertiary alicyclic amines) is 2. The highest BCUT2D eigenvalue weighted by atomic mass is 16.5. The monoisotopic (exact) mass is 439 g/mol. The van der Waals surface area contributed by atoms with Crippen molar-refractivity contribution in [1.82, 2.24) is 15.1 Å². The summed E-state index contributed by atoms with van der Waals surface area (Å²) >= 11 is 0. The van der Waals surface area contributed by atoms with Gasteiger partial charge in [-0.3, -0.25) is 9.59 Å². The Morgan fingerprint density at radius 1 is 0.935 bits per heavy atom. The van der Waals surface area contributed by atoms with Crippen LogP contribution in [0.5, 0.6) is 0 Å². The third-order valence-corrected chi connectivity index (χ3v) is 7.12. The summed E-state index contributed by atoms with van der Waals surface area (Å²) in [4.78, 5) is 28.9. The van der Waals surface area contributed by atoms with Crippen LogP contribution in [0.25, 0.3) is 0 Å². The molecule has 0 saturated carbocycles. The van der Waals surface area contributed by atoms with Crippen LogP contribution in [0.4, 0.5) is 0 Å². The molecule has 2 aliphatic rings. The van der Waals surface area contributed by atoms with Crippen LogP contribution in [-0.4, -0.2) is 87.3 Å². The van der Waals surface area contributed by atoms with Gasteiger partial charge in [0.2, 0.25) is 11.8 Å². The van der Waals surface area contributed by atoms with Gasteiger partial charge in [-0.1, -0.05) is 27.2 Å². The second-order valence-corrected chi connectivity index (χ2v) is 9.08. The van der Waals surface area contributed by atoms with Crippen molar-refractivity contribution >= 4 is 11.8 Å². The third-order valence-electron chi connectivity index (χ3n) is 7.12. The first-order valence-electron chi connectivity index (χ1n) is 12.5. The molecule has 1 unspecified atom stereocenters. The molecule has 180 valence electrons. The van der Waals surface area contributed by atoms with Crippen LogP contribution in [-0.2, 0) is 19.1 Å². The van der Waals surface area contributed by atoms with E-state index in [4.69, 9.17) is 9.47 Å². The Morgan fingerprint density at radius 2 is 1.58 bits per heavy atom. The molecule has 0 aromatic rings. The molecule has 2 heterocycles. The number of rotatable bonds is 13. The fourth-order valence-corrected chi connectivity index (χ4v) is 4.59. The maximum Gasteiger partial charge on any atom is 0.224 e. The first kappa shape index (κ1) is 26.1. The van der Waals surface area contributed by atoms with Crippen LogP contribution in [0.15, 0.2) is 0 Å². The maximum atomic E-state index is 12.3. The Bertz CT molecular complexity index is 515. The van der Waals surface area contributed by atoms with Crippen LogP contribution in [0, 0.1) is 17.8 Å².